The van der Waals surface area contributed by atoms with Crippen LogP contribution in [0.25, 0.3) is 0 Å². The van der Waals surface area contributed by atoms with Gasteiger partial charge in [-0.05, 0) is 19.4 Å². The summed E-state index contributed by atoms with van der Waals surface area (Å²) in [6.45, 7) is 3.98. The SMILES string of the molecule is Cc1cc(C)cc(CNC(=O)NCC(=O)O)c1. The quantitative estimate of drug-likeness (QED) is 0.734. The molecule has 1 aromatic rings. The number of amides is 2. The second-order valence-corrected chi connectivity index (χ2v) is 3.93. The maximum atomic E-state index is 11.2. The molecule has 0 radical (unpaired) electrons. The van der Waals surface area contributed by atoms with Gasteiger partial charge in [-0.3, -0.25) is 4.79 Å². The van der Waals surface area contributed by atoms with E-state index >= 15 is 0 Å². The van der Waals surface area contributed by atoms with Crippen LogP contribution in [0.2, 0.25) is 0 Å². The highest BCUT2D eigenvalue weighted by molar-refractivity contribution is 5.79. The van der Waals surface area contributed by atoms with Crippen molar-refractivity contribution in [2.24, 2.45) is 0 Å². The van der Waals surface area contributed by atoms with Crippen molar-refractivity contribution in [3.8, 4) is 0 Å². The highest BCUT2D eigenvalue weighted by Crippen LogP contribution is 2.08. The first-order valence-corrected chi connectivity index (χ1v) is 5.28. The van der Waals surface area contributed by atoms with E-state index in [1.165, 1.54) is 0 Å². The molecule has 0 saturated heterocycles. The molecule has 0 aromatic heterocycles. The first-order chi connectivity index (χ1) is 7.97. The summed E-state index contributed by atoms with van der Waals surface area (Å²) in [4.78, 5) is 21.4. The van der Waals surface area contributed by atoms with Crippen molar-refractivity contribution in [3.63, 3.8) is 0 Å². The molecule has 0 saturated carbocycles. The summed E-state index contributed by atoms with van der Waals surface area (Å²) in [6, 6.07) is 5.52. The average molecular weight is 236 g/mol. The molecule has 92 valence electrons. The van der Waals surface area contributed by atoms with E-state index in [0.29, 0.717) is 6.54 Å². The van der Waals surface area contributed by atoms with Crippen LogP contribution in [0.1, 0.15) is 16.7 Å². The van der Waals surface area contributed by atoms with Crippen molar-refractivity contribution in [2.75, 3.05) is 6.54 Å². The van der Waals surface area contributed by atoms with E-state index in [0.717, 1.165) is 16.7 Å². The standard InChI is InChI=1S/C12H16N2O3/c1-8-3-9(2)5-10(4-8)6-13-12(17)14-7-11(15)16/h3-5H,6-7H2,1-2H3,(H,15,16)(H2,13,14,17). The van der Waals surface area contributed by atoms with Crippen LogP contribution in [-0.4, -0.2) is 23.7 Å². The van der Waals surface area contributed by atoms with Crippen molar-refractivity contribution in [3.05, 3.63) is 34.9 Å². The lowest BCUT2D eigenvalue weighted by atomic mass is 10.1. The van der Waals surface area contributed by atoms with Crippen molar-refractivity contribution >= 4 is 12.0 Å². The summed E-state index contributed by atoms with van der Waals surface area (Å²) < 4.78 is 0. The number of urea groups is 1. The Bertz CT molecular complexity index is 410. The van der Waals surface area contributed by atoms with Gasteiger partial charge in [-0.15, -0.1) is 0 Å². The molecular weight excluding hydrogens is 220 g/mol. The van der Waals surface area contributed by atoms with E-state index in [1.54, 1.807) is 0 Å². The topological polar surface area (TPSA) is 78.4 Å². The van der Waals surface area contributed by atoms with Gasteiger partial charge in [0.2, 0.25) is 0 Å². The number of rotatable bonds is 4. The summed E-state index contributed by atoms with van der Waals surface area (Å²) >= 11 is 0. The fourth-order valence-electron chi connectivity index (χ4n) is 1.57. The van der Waals surface area contributed by atoms with Gasteiger partial charge in [-0.1, -0.05) is 29.3 Å². The van der Waals surface area contributed by atoms with Gasteiger partial charge in [0, 0.05) is 6.54 Å². The zero-order valence-corrected chi connectivity index (χ0v) is 9.91. The Balaban J connectivity index is 2.44. The molecule has 0 spiro atoms. The van der Waals surface area contributed by atoms with E-state index in [2.05, 4.69) is 10.6 Å². The van der Waals surface area contributed by atoms with Crippen LogP contribution < -0.4 is 10.6 Å². The van der Waals surface area contributed by atoms with Crippen LogP contribution in [-0.2, 0) is 11.3 Å². The molecule has 0 aliphatic heterocycles. The van der Waals surface area contributed by atoms with E-state index < -0.39 is 12.0 Å². The molecular formula is C12H16N2O3. The van der Waals surface area contributed by atoms with Crippen molar-refractivity contribution in [1.82, 2.24) is 10.6 Å². The number of carboxylic acids is 1. The molecule has 0 bridgehead atoms. The fraction of sp³-hybridized carbons (Fsp3) is 0.333. The second kappa shape index (κ2) is 5.89. The summed E-state index contributed by atoms with van der Waals surface area (Å²) in [6.07, 6.45) is 0. The van der Waals surface area contributed by atoms with Crippen molar-refractivity contribution in [1.29, 1.82) is 0 Å². The van der Waals surface area contributed by atoms with Crippen molar-refractivity contribution < 1.29 is 14.7 Å². The third-order valence-corrected chi connectivity index (χ3v) is 2.13. The first-order valence-electron chi connectivity index (χ1n) is 5.28. The number of carboxylic acid groups (broad SMARTS) is 1. The molecule has 1 rings (SSSR count). The van der Waals surface area contributed by atoms with Gasteiger partial charge in [-0.2, -0.15) is 0 Å². The Morgan fingerprint density at radius 1 is 1.12 bits per heavy atom. The third-order valence-electron chi connectivity index (χ3n) is 2.13. The van der Waals surface area contributed by atoms with Crippen LogP contribution in [0.3, 0.4) is 0 Å². The largest absolute Gasteiger partial charge is 0.480 e. The van der Waals surface area contributed by atoms with Gasteiger partial charge < -0.3 is 15.7 Å². The molecule has 1 aromatic carbocycles. The normalized spacial score (nSPS) is 9.76. The maximum Gasteiger partial charge on any atom is 0.323 e. The van der Waals surface area contributed by atoms with Gasteiger partial charge in [0.05, 0.1) is 0 Å². The minimum absolute atomic E-state index is 0.376. The molecule has 3 N–H and O–H groups in total. The predicted octanol–water partition coefficient (Wildman–Crippen LogP) is 1.19. The molecule has 5 nitrogen and oxygen atoms in total. The minimum Gasteiger partial charge on any atom is -0.480 e. The predicted molar refractivity (Wildman–Crippen MR) is 63.8 cm³/mol. The molecule has 17 heavy (non-hydrogen) atoms. The van der Waals surface area contributed by atoms with E-state index in [9.17, 15) is 9.59 Å². The minimum atomic E-state index is -1.06. The van der Waals surface area contributed by atoms with Crippen LogP contribution in [0.4, 0.5) is 4.79 Å². The number of hydrogen-bond acceptors (Lipinski definition) is 2. The Hall–Kier alpha value is -2.04. The zero-order valence-electron chi connectivity index (χ0n) is 9.91. The summed E-state index contributed by atoms with van der Waals surface area (Å²) in [5, 5.41) is 13.2. The monoisotopic (exact) mass is 236 g/mol. The lowest BCUT2D eigenvalue weighted by molar-refractivity contribution is -0.135. The second-order valence-electron chi connectivity index (χ2n) is 3.93. The van der Waals surface area contributed by atoms with Gasteiger partial charge >= 0.3 is 12.0 Å². The Kier molecular flexibility index (Phi) is 4.51. The summed E-state index contributed by atoms with van der Waals surface area (Å²) in [7, 11) is 0. The van der Waals surface area contributed by atoms with Crippen LogP contribution in [0, 0.1) is 13.8 Å². The van der Waals surface area contributed by atoms with E-state index in [-0.39, 0.29) is 6.54 Å². The van der Waals surface area contributed by atoms with Gasteiger partial charge in [-0.25, -0.2) is 4.79 Å². The van der Waals surface area contributed by atoms with E-state index in [1.807, 2.05) is 32.0 Å². The number of carbonyl (C=O) groups is 2. The number of aryl methyl sites for hydroxylation is 2. The van der Waals surface area contributed by atoms with Crippen LogP contribution in [0.5, 0.6) is 0 Å². The van der Waals surface area contributed by atoms with Crippen molar-refractivity contribution in [2.45, 2.75) is 20.4 Å². The lowest BCUT2D eigenvalue weighted by Crippen LogP contribution is -2.38. The van der Waals surface area contributed by atoms with Gasteiger partial charge in [0.25, 0.3) is 0 Å². The number of carbonyl (C=O) groups excluding carboxylic acids is 1. The number of benzene rings is 1. The molecule has 0 unspecified atom stereocenters. The summed E-state index contributed by atoms with van der Waals surface area (Å²) in [5.41, 5.74) is 3.26. The number of nitrogens with one attached hydrogen (secondary N) is 2. The van der Waals surface area contributed by atoms with E-state index in [4.69, 9.17) is 5.11 Å². The Morgan fingerprint density at radius 2 is 1.71 bits per heavy atom. The lowest BCUT2D eigenvalue weighted by Gasteiger charge is -2.07. The average Bonchev–Trinajstić information content (AvgIpc) is 2.22. The molecule has 0 aliphatic rings. The highest BCUT2D eigenvalue weighted by atomic mass is 16.4. The molecule has 2 amide bonds. The molecule has 0 heterocycles. The third kappa shape index (κ3) is 5.01. The maximum absolute atomic E-state index is 11.2. The fourth-order valence-corrected chi connectivity index (χ4v) is 1.57. The van der Waals surface area contributed by atoms with Gasteiger partial charge in [0.1, 0.15) is 6.54 Å². The zero-order chi connectivity index (χ0) is 12.8. The van der Waals surface area contributed by atoms with Crippen LogP contribution in [0.15, 0.2) is 18.2 Å². The molecule has 5 heteroatoms. The highest BCUT2D eigenvalue weighted by Gasteiger charge is 2.03. The number of aliphatic carboxylic acids is 1. The summed E-state index contributed by atoms with van der Waals surface area (Å²) in [5.74, 6) is -1.06. The Morgan fingerprint density at radius 3 is 2.24 bits per heavy atom. The van der Waals surface area contributed by atoms with Gasteiger partial charge in [0.15, 0.2) is 0 Å². The molecule has 0 aliphatic carbocycles. The smallest absolute Gasteiger partial charge is 0.323 e. The Labute approximate surface area is 99.8 Å². The molecule has 0 atom stereocenters. The molecule has 0 fully saturated rings. The van der Waals surface area contributed by atoms with Crippen LogP contribution >= 0.6 is 0 Å². The number of hydrogen-bond donors (Lipinski definition) is 3. The first kappa shape index (κ1) is 13.0.